The molecule has 0 heterocycles. The smallest absolute Gasteiger partial charge is 0.196 e. The fraction of sp³-hybridized carbons (Fsp3) is 0.250. The number of hydrogen-bond donors (Lipinski definition) is 2. The van der Waals surface area contributed by atoms with Crippen LogP contribution in [0, 0.1) is 26.7 Å². The van der Waals surface area contributed by atoms with E-state index in [-0.39, 0.29) is 11.6 Å². The molecule has 5 rings (SSSR count). The third kappa shape index (κ3) is 3.97. The molecule has 0 amide bonds. The van der Waals surface area contributed by atoms with E-state index in [1.54, 1.807) is 12.1 Å². The summed E-state index contributed by atoms with van der Waals surface area (Å²) in [5.74, 6) is 0.0343. The second kappa shape index (κ2) is 8.94. The highest BCUT2D eigenvalue weighted by atomic mass is 16.1. The highest BCUT2D eigenvalue weighted by molar-refractivity contribution is 6.32. The van der Waals surface area contributed by atoms with Gasteiger partial charge in [-0.1, -0.05) is 60.5 Å². The molecule has 0 bridgehead atoms. The van der Waals surface area contributed by atoms with Crippen molar-refractivity contribution in [3.63, 3.8) is 0 Å². The number of carbonyl (C=O) groups excluding carboxylic acids is 2. The largest absolute Gasteiger partial charge is 0.358 e. The maximum atomic E-state index is 13.9. The SMILES string of the molecule is CC1=CC(C)=C(Nc2ccc(Nc3c(C)cc(C)cc3C)c3c2C(=O)c2ccccc2C3=O)C(C)C1. The summed E-state index contributed by atoms with van der Waals surface area (Å²) in [5.41, 5.74) is 11.0. The minimum absolute atomic E-state index is 0.128. The van der Waals surface area contributed by atoms with Crippen LogP contribution in [0.25, 0.3) is 0 Å². The van der Waals surface area contributed by atoms with Crippen LogP contribution in [0.3, 0.4) is 0 Å². The van der Waals surface area contributed by atoms with Crippen LogP contribution >= 0.6 is 0 Å². The third-order valence-corrected chi connectivity index (χ3v) is 7.29. The van der Waals surface area contributed by atoms with E-state index in [1.807, 2.05) is 24.3 Å². The molecular weight excluding hydrogens is 444 g/mol. The van der Waals surface area contributed by atoms with E-state index in [4.69, 9.17) is 0 Å². The number of hydrogen-bond acceptors (Lipinski definition) is 4. The molecule has 3 aromatic carbocycles. The minimum Gasteiger partial charge on any atom is -0.358 e. The lowest BCUT2D eigenvalue weighted by Crippen LogP contribution is -2.25. The van der Waals surface area contributed by atoms with Crippen LogP contribution < -0.4 is 10.6 Å². The Morgan fingerprint density at radius 2 is 1.28 bits per heavy atom. The Morgan fingerprint density at radius 3 is 1.81 bits per heavy atom. The summed E-state index contributed by atoms with van der Waals surface area (Å²) in [6.45, 7) is 12.6. The molecule has 3 aromatic rings. The van der Waals surface area contributed by atoms with Gasteiger partial charge in [0.05, 0.1) is 22.5 Å². The maximum Gasteiger partial charge on any atom is 0.196 e. The van der Waals surface area contributed by atoms with Gasteiger partial charge in [0.2, 0.25) is 0 Å². The molecule has 4 nitrogen and oxygen atoms in total. The van der Waals surface area contributed by atoms with Crippen LogP contribution in [0.1, 0.15) is 75.7 Å². The van der Waals surface area contributed by atoms with Crippen molar-refractivity contribution in [3.05, 3.63) is 110 Å². The fourth-order valence-electron chi connectivity index (χ4n) is 5.79. The van der Waals surface area contributed by atoms with Crippen LogP contribution in [0.2, 0.25) is 0 Å². The molecule has 0 saturated heterocycles. The second-order valence-corrected chi connectivity index (χ2v) is 10.3. The number of ketones is 2. The molecule has 36 heavy (non-hydrogen) atoms. The van der Waals surface area contributed by atoms with Gasteiger partial charge < -0.3 is 10.6 Å². The van der Waals surface area contributed by atoms with Gasteiger partial charge in [0.1, 0.15) is 0 Å². The van der Waals surface area contributed by atoms with Crippen molar-refractivity contribution in [2.75, 3.05) is 10.6 Å². The van der Waals surface area contributed by atoms with Gasteiger partial charge in [0.15, 0.2) is 11.6 Å². The molecule has 0 spiro atoms. The molecule has 2 N–H and O–H groups in total. The number of benzene rings is 3. The van der Waals surface area contributed by atoms with Gasteiger partial charge in [0, 0.05) is 28.4 Å². The zero-order valence-electron chi connectivity index (χ0n) is 21.8. The van der Waals surface area contributed by atoms with Crippen LogP contribution in [-0.2, 0) is 0 Å². The first-order valence-corrected chi connectivity index (χ1v) is 12.5. The summed E-state index contributed by atoms with van der Waals surface area (Å²) in [5, 5.41) is 7.08. The Labute approximate surface area is 213 Å². The average molecular weight is 477 g/mol. The van der Waals surface area contributed by atoms with Crippen molar-refractivity contribution in [1.82, 2.24) is 0 Å². The first-order valence-electron chi connectivity index (χ1n) is 12.5. The molecular formula is C32H32N2O2. The summed E-state index contributed by atoms with van der Waals surface area (Å²) in [7, 11) is 0. The van der Waals surface area contributed by atoms with Gasteiger partial charge in [0.25, 0.3) is 0 Å². The number of nitrogens with one attached hydrogen (secondary N) is 2. The average Bonchev–Trinajstić information content (AvgIpc) is 2.82. The van der Waals surface area contributed by atoms with Gasteiger partial charge in [-0.2, -0.15) is 0 Å². The van der Waals surface area contributed by atoms with Gasteiger partial charge in [-0.25, -0.2) is 0 Å². The number of anilines is 3. The van der Waals surface area contributed by atoms with E-state index in [2.05, 4.69) is 70.4 Å². The van der Waals surface area contributed by atoms with Crippen molar-refractivity contribution in [1.29, 1.82) is 0 Å². The van der Waals surface area contributed by atoms with E-state index in [0.29, 0.717) is 39.5 Å². The van der Waals surface area contributed by atoms with Gasteiger partial charge in [-0.3, -0.25) is 9.59 Å². The zero-order valence-corrected chi connectivity index (χ0v) is 21.8. The molecule has 4 heteroatoms. The lowest BCUT2D eigenvalue weighted by atomic mass is 9.81. The first-order chi connectivity index (χ1) is 17.2. The summed E-state index contributed by atoms with van der Waals surface area (Å²) < 4.78 is 0. The van der Waals surface area contributed by atoms with E-state index in [9.17, 15) is 9.59 Å². The monoisotopic (exact) mass is 476 g/mol. The molecule has 182 valence electrons. The normalized spacial score (nSPS) is 16.9. The molecule has 1 unspecified atom stereocenters. The lowest BCUT2D eigenvalue weighted by Gasteiger charge is -2.28. The maximum absolute atomic E-state index is 13.9. The van der Waals surface area contributed by atoms with Gasteiger partial charge in [-0.05, 0) is 69.9 Å². The topological polar surface area (TPSA) is 58.2 Å². The Kier molecular flexibility index (Phi) is 5.91. The van der Waals surface area contributed by atoms with Crippen molar-refractivity contribution in [2.24, 2.45) is 5.92 Å². The van der Waals surface area contributed by atoms with E-state index >= 15 is 0 Å². The first kappa shape index (κ1) is 23.8. The number of allylic oxidation sites excluding steroid dienone is 4. The standard InChI is InChI=1S/C32H32N2O2/c1-17-13-19(3)29(20(4)14-17)33-25-11-12-26(34-30-21(5)15-18(2)16-22(30)6)28-27(25)31(35)23-9-7-8-10-24(23)32(28)36/h7-15,22,33-34H,16H2,1-6H3. The van der Waals surface area contributed by atoms with Crippen molar-refractivity contribution >= 4 is 28.6 Å². The predicted molar refractivity (Wildman–Crippen MR) is 148 cm³/mol. The van der Waals surface area contributed by atoms with Crippen LogP contribution in [-0.4, -0.2) is 11.6 Å². The molecule has 0 aliphatic heterocycles. The Balaban J connectivity index is 1.69. The highest BCUT2D eigenvalue weighted by Crippen LogP contribution is 2.40. The zero-order chi connectivity index (χ0) is 25.7. The molecule has 0 fully saturated rings. The second-order valence-electron chi connectivity index (χ2n) is 10.3. The van der Waals surface area contributed by atoms with Crippen molar-refractivity contribution < 1.29 is 9.59 Å². The van der Waals surface area contributed by atoms with E-state index < -0.39 is 0 Å². The fourth-order valence-corrected chi connectivity index (χ4v) is 5.79. The summed E-state index contributed by atoms with van der Waals surface area (Å²) in [6.07, 6.45) is 3.15. The Bertz CT molecular complexity index is 1480. The van der Waals surface area contributed by atoms with Gasteiger partial charge in [-0.15, -0.1) is 0 Å². The Morgan fingerprint density at radius 1 is 0.750 bits per heavy atom. The van der Waals surface area contributed by atoms with Crippen molar-refractivity contribution in [2.45, 2.75) is 48.0 Å². The summed E-state index contributed by atoms with van der Waals surface area (Å²) >= 11 is 0. The Hall–Kier alpha value is -3.92. The number of aryl methyl sites for hydroxylation is 3. The minimum atomic E-state index is -0.132. The van der Waals surface area contributed by atoms with E-state index in [1.165, 1.54) is 11.1 Å². The summed E-state index contributed by atoms with van der Waals surface area (Å²) in [4.78, 5) is 27.7. The van der Waals surface area contributed by atoms with Gasteiger partial charge >= 0.3 is 0 Å². The predicted octanol–water partition coefficient (Wildman–Crippen LogP) is 7.80. The molecule has 0 radical (unpaired) electrons. The molecule has 2 aliphatic carbocycles. The number of rotatable bonds is 4. The third-order valence-electron chi connectivity index (χ3n) is 7.29. The van der Waals surface area contributed by atoms with Crippen molar-refractivity contribution in [3.8, 4) is 0 Å². The van der Waals surface area contributed by atoms with Crippen LogP contribution in [0.5, 0.6) is 0 Å². The highest BCUT2D eigenvalue weighted by Gasteiger charge is 2.34. The molecule has 1 atom stereocenters. The van der Waals surface area contributed by atoms with Crippen LogP contribution in [0.15, 0.2) is 71.5 Å². The molecule has 0 saturated carbocycles. The molecule has 2 aliphatic rings. The van der Waals surface area contributed by atoms with E-state index in [0.717, 1.165) is 34.5 Å². The number of fused-ring (bicyclic) bond motifs is 2. The molecule has 0 aromatic heterocycles. The number of carbonyl (C=O) groups is 2. The lowest BCUT2D eigenvalue weighted by molar-refractivity contribution is 0.0980. The van der Waals surface area contributed by atoms with Crippen LogP contribution in [0.4, 0.5) is 17.1 Å². The quantitative estimate of drug-likeness (QED) is 0.315. The summed E-state index contributed by atoms with van der Waals surface area (Å²) in [6, 6.07) is 15.2.